The van der Waals surface area contributed by atoms with Crippen LogP contribution in [0, 0.1) is 11.8 Å². The largest absolute Gasteiger partial charge is 0.411 e. The molecule has 1 aliphatic rings. The summed E-state index contributed by atoms with van der Waals surface area (Å²) in [7, 11) is 0. The number of oxime groups is 1. The second kappa shape index (κ2) is 6.55. The molecule has 20 heavy (non-hydrogen) atoms. The van der Waals surface area contributed by atoms with Crippen molar-refractivity contribution >= 4 is 17.3 Å². The van der Waals surface area contributed by atoms with Gasteiger partial charge < -0.3 is 10.5 Å². The topological polar surface area (TPSA) is 61.7 Å². The van der Waals surface area contributed by atoms with Gasteiger partial charge in [0.05, 0.1) is 5.71 Å². The van der Waals surface area contributed by atoms with Gasteiger partial charge in [-0.15, -0.1) is 0 Å². The van der Waals surface area contributed by atoms with Gasteiger partial charge in [0.2, 0.25) is 5.91 Å². The molecule has 1 aromatic rings. The maximum absolute atomic E-state index is 12.3. The Balaban J connectivity index is 2.08. The van der Waals surface area contributed by atoms with E-state index < -0.39 is 0 Å². The number of rotatable bonds is 3. The number of carbonyl (C=O) groups is 1. The summed E-state index contributed by atoms with van der Waals surface area (Å²) in [5.74, 6) is 0.913. The molecule has 0 atom stereocenters. The molecule has 0 aromatic heterocycles. The molecule has 1 aliphatic carbocycles. The standard InChI is InChI=1S/C16H22N2O2/c1-11-7-9-13(10-8-11)16(19)17-15-6-4-3-5-14(15)12(2)18-20/h3-6,11,13,20H,7-10H2,1-2H3,(H,17,19)/b18-12+. The fourth-order valence-electron chi connectivity index (χ4n) is 2.72. The van der Waals surface area contributed by atoms with Gasteiger partial charge in [-0.05, 0) is 44.6 Å². The van der Waals surface area contributed by atoms with Gasteiger partial charge in [0.15, 0.2) is 0 Å². The Labute approximate surface area is 119 Å². The Morgan fingerprint density at radius 3 is 2.55 bits per heavy atom. The van der Waals surface area contributed by atoms with Crippen LogP contribution in [0.2, 0.25) is 0 Å². The first-order valence-electron chi connectivity index (χ1n) is 7.20. The Kier molecular flexibility index (Phi) is 4.77. The van der Waals surface area contributed by atoms with Crippen LogP contribution in [0.25, 0.3) is 0 Å². The highest BCUT2D eigenvalue weighted by Gasteiger charge is 2.24. The molecule has 0 unspecified atom stereocenters. The highest BCUT2D eigenvalue weighted by molar-refractivity contribution is 6.06. The number of amides is 1. The van der Waals surface area contributed by atoms with Crippen molar-refractivity contribution < 1.29 is 10.0 Å². The minimum absolute atomic E-state index is 0.0788. The van der Waals surface area contributed by atoms with Gasteiger partial charge in [-0.3, -0.25) is 4.79 Å². The average Bonchev–Trinajstić information content (AvgIpc) is 2.47. The predicted molar refractivity (Wildman–Crippen MR) is 80.2 cm³/mol. The van der Waals surface area contributed by atoms with E-state index in [1.165, 1.54) is 0 Å². The van der Waals surface area contributed by atoms with E-state index in [-0.39, 0.29) is 11.8 Å². The molecule has 1 amide bonds. The zero-order chi connectivity index (χ0) is 14.5. The quantitative estimate of drug-likeness (QED) is 0.502. The maximum Gasteiger partial charge on any atom is 0.227 e. The number of hydrogen-bond donors (Lipinski definition) is 2. The van der Waals surface area contributed by atoms with Crippen LogP contribution in [0.5, 0.6) is 0 Å². The van der Waals surface area contributed by atoms with E-state index in [1.54, 1.807) is 6.92 Å². The van der Waals surface area contributed by atoms with Crippen molar-refractivity contribution in [2.75, 3.05) is 5.32 Å². The highest BCUT2D eigenvalue weighted by Crippen LogP contribution is 2.29. The van der Waals surface area contributed by atoms with Crippen LogP contribution in [0.4, 0.5) is 5.69 Å². The molecule has 0 aliphatic heterocycles. The Bertz CT molecular complexity index is 503. The van der Waals surface area contributed by atoms with Crippen LogP contribution in [-0.2, 0) is 4.79 Å². The normalized spacial score (nSPS) is 23.4. The van der Waals surface area contributed by atoms with Crippen LogP contribution < -0.4 is 5.32 Å². The average molecular weight is 274 g/mol. The molecule has 0 radical (unpaired) electrons. The third-order valence-corrected chi connectivity index (χ3v) is 4.11. The van der Waals surface area contributed by atoms with E-state index in [4.69, 9.17) is 5.21 Å². The second-order valence-corrected chi connectivity index (χ2v) is 5.68. The lowest BCUT2D eigenvalue weighted by molar-refractivity contribution is -0.121. The fraction of sp³-hybridized carbons (Fsp3) is 0.500. The summed E-state index contributed by atoms with van der Waals surface area (Å²) in [6.45, 7) is 3.96. The third kappa shape index (κ3) is 3.38. The van der Waals surface area contributed by atoms with Crippen molar-refractivity contribution in [3.63, 3.8) is 0 Å². The molecule has 1 saturated carbocycles. The molecule has 1 aromatic carbocycles. The van der Waals surface area contributed by atoms with Crippen molar-refractivity contribution in [1.82, 2.24) is 0 Å². The van der Waals surface area contributed by atoms with Crippen LogP contribution in [0.3, 0.4) is 0 Å². The molecule has 4 nitrogen and oxygen atoms in total. The zero-order valence-corrected chi connectivity index (χ0v) is 12.1. The summed E-state index contributed by atoms with van der Waals surface area (Å²) in [6.07, 6.45) is 4.16. The summed E-state index contributed by atoms with van der Waals surface area (Å²) in [5.41, 5.74) is 1.97. The summed E-state index contributed by atoms with van der Waals surface area (Å²) in [5, 5.41) is 15.1. The van der Waals surface area contributed by atoms with Gasteiger partial charge >= 0.3 is 0 Å². The molecular formula is C16H22N2O2. The van der Waals surface area contributed by atoms with Crippen molar-refractivity contribution in [3.05, 3.63) is 29.8 Å². The molecule has 2 rings (SSSR count). The van der Waals surface area contributed by atoms with E-state index >= 15 is 0 Å². The first kappa shape index (κ1) is 14.6. The maximum atomic E-state index is 12.3. The summed E-state index contributed by atoms with van der Waals surface area (Å²) < 4.78 is 0. The fourth-order valence-corrected chi connectivity index (χ4v) is 2.72. The van der Waals surface area contributed by atoms with Gasteiger partial charge in [-0.1, -0.05) is 30.3 Å². The van der Waals surface area contributed by atoms with Crippen molar-refractivity contribution in [2.24, 2.45) is 17.0 Å². The van der Waals surface area contributed by atoms with E-state index in [0.29, 0.717) is 11.4 Å². The first-order chi connectivity index (χ1) is 9.61. The Hall–Kier alpha value is -1.84. The summed E-state index contributed by atoms with van der Waals surface area (Å²) in [6, 6.07) is 7.41. The minimum atomic E-state index is 0.0788. The number of hydrogen-bond acceptors (Lipinski definition) is 3. The van der Waals surface area contributed by atoms with Gasteiger partial charge in [0.25, 0.3) is 0 Å². The molecule has 0 bridgehead atoms. The number of benzene rings is 1. The van der Waals surface area contributed by atoms with Crippen molar-refractivity contribution in [1.29, 1.82) is 0 Å². The van der Waals surface area contributed by atoms with Gasteiger partial charge in [0, 0.05) is 17.2 Å². The Morgan fingerprint density at radius 2 is 1.90 bits per heavy atom. The predicted octanol–water partition coefficient (Wildman–Crippen LogP) is 3.65. The van der Waals surface area contributed by atoms with E-state index in [0.717, 1.165) is 37.2 Å². The molecule has 0 spiro atoms. The lowest BCUT2D eigenvalue weighted by Gasteiger charge is -2.25. The van der Waals surface area contributed by atoms with Crippen molar-refractivity contribution in [3.8, 4) is 0 Å². The molecule has 0 saturated heterocycles. The van der Waals surface area contributed by atoms with E-state index in [9.17, 15) is 4.79 Å². The molecular weight excluding hydrogens is 252 g/mol. The van der Waals surface area contributed by atoms with E-state index in [1.807, 2.05) is 24.3 Å². The molecule has 108 valence electrons. The highest BCUT2D eigenvalue weighted by atomic mass is 16.4. The summed E-state index contributed by atoms with van der Waals surface area (Å²) in [4.78, 5) is 12.3. The van der Waals surface area contributed by atoms with Gasteiger partial charge in [-0.2, -0.15) is 0 Å². The van der Waals surface area contributed by atoms with E-state index in [2.05, 4.69) is 17.4 Å². The second-order valence-electron chi connectivity index (χ2n) is 5.68. The van der Waals surface area contributed by atoms with Gasteiger partial charge in [-0.25, -0.2) is 0 Å². The molecule has 4 heteroatoms. The third-order valence-electron chi connectivity index (χ3n) is 4.11. The molecule has 0 heterocycles. The smallest absolute Gasteiger partial charge is 0.227 e. The number of para-hydroxylation sites is 1. The van der Waals surface area contributed by atoms with Crippen LogP contribution in [0.1, 0.15) is 45.1 Å². The number of carbonyl (C=O) groups excluding carboxylic acids is 1. The van der Waals surface area contributed by atoms with Crippen LogP contribution >= 0.6 is 0 Å². The van der Waals surface area contributed by atoms with Crippen LogP contribution in [0.15, 0.2) is 29.4 Å². The van der Waals surface area contributed by atoms with Crippen LogP contribution in [-0.4, -0.2) is 16.8 Å². The monoisotopic (exact) mass is 274 g/mol. The zero-order valence-electron chi connectivity index (χ0n) is 12.1. The SMILES string of the molecule is C/C(=N\O)c1ccccc1NC(=O)C1CCC(C)CC1. The lowest BCUT2D eigenvalue weighted by atomic mass is 9.82. The minimum Gasteiger partial charge on any atom is -0.411 e. The first-order valence-corrected chi connectivity index (χ1v) is 7.20. The summed E-state index contributed by atoms with van der Waals surface area (Å²) >= 11 is 0. The van der Waals surface area contributed by atoms with Gasteiger partial charge in [0.1, 0.15) is 0 Å². The lowest BCUT2D eigenvalue weighted by Crippen LogP contribution is -2.27. The Morgan fingerprint density at radius 1 is 1.25 bits per heavy atom. The number of nitrogens with one attached hydrogen (secondary N) is 1. The molecule has 1 fully saturated rings. The molecule has 2 N–H and O–H groups in total. The number of anilines is 1. The number of nitrogens with zero attached hydrogens (tertiary/aromatic N) is 1. The van der Waals surface area contributed by atoms with Crippen molar-refractivity contribution in [2.45, 2.75) is 39.5 Å².